The van der Waals surface area contributed by atoms with Crippen molar-refractivity contribution in [1.29, 1.82) is 0 Å². The Labute approximate surface area is 152 Å². The number of allylic oxidation sites excluding steroid dienone is 1. The summed E-state index contributed by atoms with van der Waals surface area (Å²) >= 11 is 0. The molecule has 1 saturated heterocycles. The largest absolute Gasteiger partial charge is 0.497 e. The fourth-order valence-corrected chi connectivity index (χ4v) is 3.76. The molecule has 2 aliphatic rings. The van der Waals surface area contributed by atoms with Crippen LogP contribution in [0.4, 0.5) is 0 Å². The second-order valence-corrected chi connectivity index (χ2v) is 6.81. The molecule has 1 unspecified atom stereocenters. The lowest BCUT2D eigenvalue weighted by atomic mass is 9.81. The highest BCUT2D eigenvalue weighted by atomic mass is 16.6. The third kappa shape index (κ3) is 3.51. The molecule has 5 N–H and O–H groups in total. The number of piperidine rings is 1. The topological polar surface area (TPSA) is 120 Å². The Morgan fingerprint density at radius 3 is 2.58 bits per heavy atom. The van der Waals surface area contributed by atoms with Crippen LogP contribution in [0.1, 0.15) is 18.4 Å². The predicted octanol–water partition coefficient (Wildman–Crippen LogP) is 1.13. The highest BCUT2D eigenvalue weighted by Crippen LogP contribution is 2.33. The predicted molar refractivity (Wildman–Crippen MR) is 98.4 cm³/mol. The molecular formula is C18H25N5O3. The molecule has 1 atom stereocenters. The van der Waals surface area contributed by atoms with E-state index < -0.39 is 10.6 Å². The second-order valence-electron chi connectivity index (χ2n) is 6.81. The summed E-state index contributed by atoms with van der Waals surface area (Å²) < 4.78 is 5.18. The Hall–Kier alpha value is -2.58. The Bertz CT molecular complexity index is 723. The van der Waals surface area contributed by atoms with Crippen LogP contribution in [0.5, 0.6) is 5.75 Å². The first-order valence-electron chi connectivity index (χ1n) is 8.67. The van der Waals surface area contributed by atoms with Gasteiger partial charge in [0.2, 0.25) is 0 Å². The molecule has 1 fully saturated rings. The summed E-state index contributed by atoms with van der Waals surface area (Å²) in [4.78, 5) is 13.3. The number of methoxy groups -OCH3 is 1. The zero-order valence-corrected chi connectivity index (χ0v) is 14.9. The van der Waals surface area contributed by atoms with E-state index in [4.69, 9.17) is 16.2 Å². The smallest absolute Gasteiger partial charge is 0.308 e. The van der Waals surface area contributed by atoms with Crippen LogP contribution in [0.25, 0.3) is 0 Å². The van der Waals surface area contributed by atoms with Gasteiger partial charge in [0.25, 0.3) is 0 Å². The lowest BCUT2D eigenvalue weighted by Gasteiger charge is -2.41. The quantitative estimate of drug-likeness (QED) is 0.532. The molecule has 0 saturated carbocycles. The minimum absolute atomic E-state index is 0.0569. The number of ether oxygens (including phenoxy) is 1. The lowest BCUT2D eigenvalue weighted by Crippen LogP contribution is -2.63. The molecule has 26 heavy (non-hydrogen) atoms. The van der Waals surface area contributed by atoms with Crippen LogP contribution >= 0.6 is 0 Å². The fraction of sp³-hybridized carbons (Fsp3) is 0.444. The van der Waals surface area contributed by atoms with Crippen LogP contribution < -0.4 is 21.5 Å². The van der Waals surface area contributed by atoms with Gasteiger partial charge < -0.3 is 15.8 Å². The van der Waals surface area contributed by atoms with Crippen molar-refractivity contribution in [3.63, 3.8) is 0 Å². The summed E-state index contributed by atoms with van der Waals surface area (Å²) in [5.74, 6) is 0.782. The van der Waals surface area contributed by atoms with E-state index in [0.717, 1.165) is 38.2 Å². The maximum atomic E-state index is 11.5. The van der Waals surface area contributed by atoms with Gasteiger partial charge in [-0.15, -0.1) is 0 Å². The Kier molecular flexibility index (Phi) is 5.15. The number of nitro groups is 1. The van der Waals surface area contributed by atoms with Crippen LogP contribution in [0, 0.1) is 16.0 Å². The summed E-state index contributed by atoms with van der Waals surface area (Å²) in [7, 11) is 1.65. The SMILES string of the molecule is COc1ccc(CN2CCC(C3(N)NC=CC(N)=C3[N+](=O)[O-])CC2)cc1. The van der Waals surface area contributed by atoms with Crippen molar-refractivity contribution < 1.29 is 9.66 Å². The molecule has 3 rings (SSSR count). The minimum atomic E-state index is -1.23. The molecule has 0 amide bonds. The molecule has 1 aromatic carbocycles. The van der Waals surface area contributed by atoms with Gasteiger partial charge in [-0.1, -0.05) is 12.1 Å². The molecule has 2 heterocycles. The molecule has 8 heteroatoms. The number of nitrogens with two attached hydrogens (primary N) is 2. The fourth-order valence-electron chi connectivity index (χ4n) is 3.76. The molecule has 0 radical (unpaired) electrons. The van der Waals surface area contributed by atoms with E-state index in [2.05, 4.69) is 22.3 Å². The Morgan fingerprint density at radius 1 is 1.35 bits per heavy atom. The van der Waals surface area contributed by atoms with Gasteiger partial charge >= 0.3 is 5.70 Å². The van der Waals surface area contributed by atoms with Crippen molar-refractivity contribution in [3.8, 4) is 5.75 Å². The van der Waals surface area contributed by atoms with Gasteiger partial charge in [0.15, 0.2) is 5.66 Å². The summed E-state index contributed by atoms with van der Waals surface area (Å²) in [6.07, 6.45) is 4.62. The van der Waals surface area contributed by atoms with Gasteiger partial charge in [0.1, 0.15) is 11.4 Å². The lowest BCUT2D eigenvalue weighted by molar-refractivity contribution is -0.439. The van der Waals surface area contributed by atoms with Crippen molar-refractivity contribution in [2.24, 2.45) is 17.4 Å². The van der Waals surface area contributed by atoms with Gasteiger partial charge in [-0.3, -0.25) is 20.7 Å². The first kappa shape index (κ1) is 18.2. The molecule has 0 bridgehead atoms. The zero-order valence-electron chi connectivity index (χ0n) is 14.9. The van der Waals surface area contributed by atoms with Crippen molar-refractivity contribution in [3.05, 3.63) is 63.6 Å². The Morgan fingerprint density at radius 2 is 2.00 bits per heavy atom. The first-order valence-corrected chi connectivity index (χ1v) is 8.67. The normalized spacial score (nSPS) is 24.4. The van der Waals surface area contributed by atoms with Gasteiger partial charge in [-0.05, 0) is 49.7 Å². The van der Waals surface area contributed by atoms with E-state index >= 15 is 0 Å². The van der Waals surface area contributed by atoms with Crippen molar-refractivity contribution in [2.75, 3.05) is 20.2 Å². The van der Waals surface area contributed by atoms with Crippen molar-refractivity contribution in [1.82, 2.24) is 10.2 Å². The van der Waals surface area contributed by atoms with Gasteiger partial charge in [0.05, 0.1) is 12.0 Å². The molecule has 8 nitrogen and oxygen atoms in total. The van der Waals surface area contributed by atoms with Crippen LogP contribution in [-0.4, -0.2) is 35.7 Å². The van der Waals surface area contributed by atoms with Gasteiger partial charge in [-0.25, -0.2) is 0 Å². The van der Waals surface area contributed by atoms with Crippen molar-refractivity contribution >= 4 is 0 Å². The number of dihydropyridines is 1. The molecule has 0 aliphatic carbocycles. The number of benzene rings is 1. The molecule has 0 spiro atoms. The number of nitrogens with one attached hydrogen (secondary N) is 1. The maximum absolute atomic E-state index is 11.5. The zero-order chi connectivity index (χ0) is 18.7. The standard InChI is InChI=1S/C18H25N5O3/c1-26-15-4-2-13(3-5-15)12-22-10-7-14(8-11-22)18(20)17(23(24)25)16(19)6-9-21-18/h2-6,9,14,21H,7-8,10-12,19-20H2,1H3. The number of nitrogens with zero attached hydrogens (tertiary/aromatic N) is 2. The third-order valence-electron chi connectivity index (χ3n) is 5.23. The molecule has 1 aromatic rings. The second kappa shape index (κ2) is 7.35. The molecule has 0 aromatic heterocycles. The number of hydrogen-bond acceptors (Lipinski definition) is 7. The molecule has 140 valence electrons. The average molecular weight is 359 g/mol. The number of likely N-dealkylation sites (tertiary alicyclic amines) is 1. The maximum Gasteiger partial charge on any atom is 0.308 e. The molecular weight excluding hydrogens is 334 g/mol. The van der Waals surface area contributed by atoms with E-state index in [1.54, 1.807) is 13.3 Å². The third-order valence-corrected chi connectivity index (χ3v) is 5.23. The van der Waals surface area contributed by atoms with Crippen LogP contribution in [0.2, 0.25) is 0 Å². The summed E-state index contributed by atoms with van der Waals surface area (Å²) in [6.45, 7) is 2.49. The van der Waals surface area contributed by atoms with Crippen molar-refractivity contribution in [2.45, 2.75) is 25.0 Å². The minimum Gasteiger partial charge on any atom is -0.497 e. The highest BCUT2D eigenvalue weighted by molar-refractivity contribution is 5.31. The number of rotatable bonds is 5. The highest BCUT2D eigenvalue weighted by Gasteiger charge is 2.48. The van der Waals surface area contributed by atoms with Gasteiger partial charge in [-0.2, -0.15) is 0 Å². The molecule has 2 aliphatic heterocycles. The van der Waals surface area contributed by atoms with E-state index in [-0.39, 0.29) is 17.3 Å². The van der Waals surface area contributed by atoms with Gasteiger partial charge in [0, 0.05) is 18.7 Å². The number of hydrogen-bond donors (Lipinski definition) is 3. The average Bonchev–Trinajstić information content (AvgIpc) is 2.62. The van der Waals surface area contributed by atoms with E-state index in [1.807, 2.05) is 12.1 Å². The Balaban J connectivity index is 1.64. The van der Waals surface area contributed by atoms with E-state index in [1.165, 1.54) is 11.6 Å². The summed E-state index contributed by atoms with van der Waals surface area (Å²) in [5.41, 5.74) is 12.2. The van der Waals surface area contributed by atoms with Crippen LogP contribution in [0.3, 0.4) is 0 Å². The summed E-state index contributed by atoms with van der Waals surface area (Å²) in [6, 6.07) is 8.01. The first-order chi connectivity index (χ1) is 12.4. The summed E-state index contributed by atoms with van der Waals surface area (Å²) in [5, 5.41) is 14.5. The van der Waals surface area contributed by atoms with Crippen LogP contribution in [0.15, 0.2) is 47.9 Å². The van der Waals surface area contributed by atoms with E-state index in [9.17, 15) is 10.1 Å². The van der Waals surface area contributed by atoms with Crippen LogP contribution in [-0.2, 0) is 6.54 Å². The monoisotopic (exact) mass is 359 g/mol. The van der Waals surface area contributed by atoms with E-state index in [0.29, 0.717) is 0 Å².